The molecule has 0 fully saturated rings. The van der Waals surface area contributed by atoms with Crippen molar-refractivity contribution in [3.05, 3.63) is 22.8 Å². The molecule has 0 bridgehead atoms. The Balaban J connectivity index is 3.26. The van der Waals surface area contributed by atoms with Gasteiger partial charge in [0.15, 0.2) is 0 Å². The van der Waals surface area contributed by atoms with Crippen molar-refractivity contribution in [2.75, 3.05) is 19.1 Å². The van der Waals surface area contributed by atoms with Gasteiger partial charge in [-0.15, -0.1) is 0 Å². The van der Waals surface area contributed by atoms with Gasteiger partial charge >= 0.3 is 5.97 Å². The molecule has 0 radical (unpaired) electrons. The third kappa shape index (κ3) is 5.62. The second-order valence-corrected chi connectivity index (χ2v) is 9.05. The van der Waals surface area contributed by atoms with E-state index in [0.29, 0.717) is 29.1 Å². The minimum Gasteiger partial charge on any atom is -0.496 e. The molecule has 0 spiro atoms. The largest absolute Gasteiger partial charge is 0.496 e. The molecule has 0 saturated heterocycles. The predicted molar refractivity (Wildman–Crippen MR) is 106 cm³/mol. The summed E-state index contributed by atoms with van der Waals surface area (Å²) < 4.78 is 39.1. The van der Waals surface area contributed by atoms with E-state index in [1.165, 1.54) is 0 Å². The van der Waals surface area contributed by atoms with Gasteiger partial charge in [-0.25, -0.2) is 8.42 Å². The standard InChI is InChI=1S/C18H29NO5S2/c1-11(2)24-18(20)15(8-9-25-7)19-26(21,22)17-12(3)10-16(23-6)13(4)14(17)5/h10-11,15,19H,8-9H2,1-7H3/t15-/m0/s1. The number of rotatable bonds is 9. The van der Waals surface area contributed by atoms with Gasteiger partial charge in [0.05, 0.1) is 18.1 Å². The van der Waals surface area contributed by atoms with Gasteiger partial charge in [-0.1, -0.05) is 0 Å². The van der Waals surface area contributed by atoms with Crippen LogP contribution in [0.3, 0.4) is 0 Å². The highest BCUT2D eigenvalue weighted by Gasteiger charge is 2.30. The first-order chi connectivity index (χ1) is 12.0. The van der Waals surface area contributed by atoms with Crippen LogP contribution in [0, 0.1) is 20.8 Å². The Hall–Kier alpha value is -1.25. The quantitative estimate of drug-likeness (QED) is 0.639. The fraction of sp³-hybridized carbons (Fsp3) is 0.611. The van der Waals surface area contributed by atoms with Crippen molar-refractivity contribution in [3.8, 4) is 5.75 Å². The summed E-state index contributed by atoms with van der Waals surface area (Å²) in [6, 6.07) is 0.774. The second-order valence-electron chi connectivity index (χ2n) is 6.42. The van der Waals surface area contributed by atoms with Gasteiger partial charge in [0.2, 0.25) is 10.0 Å². The molecule has 26 heavy (non-hydrogen) atoms. The van der Waals surface area contributed by atoms with E-state index in [-0.39, 0.29) is 11.0 Å². The Morgan fingerprint density at radius 2 is 1.85 bits per heavy atom. The van der Waals surface area contributed by atoms with E-state index in [9.17, 15) is 13.2 Å². The van der Waals surface area contributed by atoms with E-state index >= 15 is 0 Å². The van der Waals surface area contributed by atoms with Crippen molar-refractivity contribution >= 4 is 27.8 Å². The molecule has 1 N–H and O–H groups in total. The van der Waals surface area contributed by atoms with Crippen LogP contribution in [0.4, 0.5) is 0 Å². The van der Waals surface area contributed by atoms with Crippen LogP contribution >= 0.6 is 11.8 Å². The van der Waals surface area contributed by atoms with E-state index in [4.69, 9.17) is 9.47 Å². The maximum absolute atomic E-state index is 13.0. The first kappa shape index (κ1) is 22.8. The van der Waals surface area contributed by atoms with Gasteiger partial charge in [0.1, 0.15) is 11.8 Å². The number of carbonyl (C=O) groups is 1. The zero-order valence-electron chi connectivity index (χ0n) is 16.5. The van der Waals surface area contributed by atoms with Gasteiger partial charge in [0.25, 0.3) is 0 Å². The number of hydrogen-bond donors (Lipinski definition) is 1. The lowest BCUT2D eigenvalue weighted by molar-refractivity contribution is -0.149. The first-order valence-electron chi connectivity index (χ1n) is 8.41. The molecule has 0 aliphatic carbocycles. The lowest BCUT2D eigenvalue weighted by atomic mass is 10.1. The molecular weight excluding hydrogens is 374 g/mol. The van der Waals surface area contributed by atoms with Crippen molar-refractivity contribution in [3.63, 3.8) is 0 Å². The fourth-order valence-electron chi connectivity index (χ4n) is 2.67. The molecule has 1 aromatic rings. The van der Waals surface area contributed by atoms with Crippen molar-refractivity contribution in [1.82, 2.24) is 4.72 Å². The molecule has 1 rings (SSSR count). The predicted octanol–water partition coefficient (Wildman–Crippen LogP) is 2.97. The van der Waals surface area contributed by atoms with Crippen molar-refractivity contribution in [2.24, 2.45) is 0 Å². The number of carbonyl (C=O) groups excluding carboxylic acids is 1. The molecule has 0 aliphatic rings. The number of hydrogen-bond acceptors (Lipinski definition) is 6. The van der Waals surface area contributed by atoms with Gasteiger partial charge in [-0.2, -0.15) is 16.5 Å². The normalized spacial score (nSPS) is 12.9. The molecule has 0 amide bonds. The monoisotopic (exact) mass is 403 g/mol. The number of benzene rings is 1. The van der Waals surface area contributed by atoms with Crippen LogP contribution in [0.2, 0.25) is 0 Å². The van der Waals surface area contributed by atoms with E-state index in [0.717, 1.165) is 5.56 Å². The van der Waals surface area contributed by atoms with Crippen molar-refractivity contribution in [1.29, 1.82) is 0 Å². The third-order valence-corrected chi connectivity index (χ3v) is 6.42. The number of sulfonamides is 1. The topological polar surface area (TPSA) is 81.7 Å². The van der Waals surface area contributed by atoms with E-state index in [2.05, 4.69) is 4.72 Å². The van der Waals surface area contributed by atoms with E-state index in [1.807, 2.05) is 13.2 Å². The van der Waals surface area contributed by atoms with Gasteiger partial charge < -0.3 is 9.47 Å². The Morgan fingerprint density at radius 3 is 2.35 bits per heavy atom. The first-order valence-corrected chi connectivity index (χ1v) is 11.3. The minimum atomic E-state index is -3.90. The minimum absolute atomic E-state index is 0.183. The summed E-state index contributed by atoms with van der Waals surface area (Å²) >= 11 is 1.54. The molecule has 1 atom stereocenters. The number of ether oxygens (including phenoxy) is 2. The molecule has 1 aromatic carbocycles. The highest BCUT2D eigenvalue weighted by molar-refractivity contribution is 7.98. The zero-order valence-corrected chi connectivity index (χ0v) is 18.1. The molecule has 0 saturated carbocycles. The maximum Gasteiger partial charge on any atom is 0.324 e. The highest BCUT2D eigenvalue weighted by Crippen LogP contribution is 2.30. The van der Waals surface area contributed by atoms with Crippen molar-refractivity contribution in [2.45, 2.75) is 58.1 Å². The van der Waals surface area contributed by atoms with Crippen LogP contribution in [-0.2, 0) is 19.6 Å². The average molecular weight is 404 g/mol. The molecule has 0 aromatic heterocycles. The van der Waals surface area contributed by atoms with E-state index in [1.54, 1.807) is 52.6 Å². The summed E-state index contributed by atoms with van der Waals surface area (Å²) in [5.41, 5.74) is 1.93. The number of esters is 1. The zero-order chi connectivity index (χ0) is 20.1. The summed E-state index contributed by atoms with van der Waals surface area (Å²) in [7, 11) is -2.35. The Morgan fingerprint density at radius 1 is 1.23 bits per heavy atom. The van der Waals surface area contributed by atoms with Crippen LogP contribution in [0.25, 0.3) is 0 Å². The summed E-state index contributed by atoms with van der Waals surface area (Å²) in [5.74, 6) is 0.718. The van der Waals surface area contributed by atoms with Gasteiger partial charge in [-0.3, -0.25) is 4.79 Å². The maximum atomic E-state index is 13.0. The molecule has 0 heterocycles. The second kappa shape index (κ2) is 9.62. The molecule has 148 valence electrons. The smallest absolute Gasteiger partial charge is 0.324 e. The molecule has 0 unspecified atom stereocenters. The lowest BCUT2D eigenvalue weighted by Crippen LogP contribution is -2.43. The van der Waals surface area contributed by atoms with Crippen LogP contribution < -0.4 is 9.46 Å². The van der Waals surface area contributed by atoms with Crippen LogP contribution in [0.15, 0.2) is 11.0 Å². The Labute approximate surface area is 161 Å². The van der Waals surface area contributed by atoms with Crippen LogP contribution in [-0.4, -0.2) is 45.7 Å². The average Bonchev–Trinajstić information content (AvgIpc) is 2.53. The number of thioether (sulfide) groups is 1. The van der Waals surface area contributed by atoms with Gasteiger partial charge in [0, 0.05) is 0 Å². The van der Waals surface area contributed by atoms with Crippen LogP contribution in [0.1, 0.15) is 37.0 Å². The third-order valence-electron chi connectivity index (χ3n) is 4.01. The molecule has 0 aliphatic heterocycles. The Kier molecular flexibility index (Phi) is 8.43. The number of aryl methyl sites for hydroxylation is 1. The van der Waals surface area contributed by atoms with Gasteiger partial charge in [-0.05, 0) is 75.8 Å². The summed E-state index contributed by atoms with van der Waals surface area (Å²) in [4.78, 5) is 12.5. The molecule has 6 nitrogen and oxygen atoms in total. The van der Waals surface area contributed by atoms with E-state index < -0.39 is 22.0 Å². The number of nitrogens with one attached hydrogen (secondary N) is 1. The lowest BCUT2D eigenvalue weighted by Gasteiger charge is -2.21. The van der Waals surface area contributed by atoms with Crippen LogP contribution in [0.5, 0.6) is 5.75 Å². The SMILES string of the molecule is COc1cc(C)c(S(=O)(=O)N[C@@H](CCSC)C(=O)OC(C)C)c(C)c1C. The Bertz CT molecular complexity index is 744. The summed E-state index contributed by atoms with van der Waals surface area (Å²) in [6.07, 6.45) is 1.95. The van der Waals surface area contributed by atoms with Crippen molar-refractivity contribution < 1.29 is 22.7 Å². The molecular formula is C18H29NO5S2. The summed E-state index contributed by atoms with van der Waals surface area (Å²) in [6.45, 7) is 8.73. The highest BCUT2D eigenvalue weighted by atomic mass is 32.2. The molecule has 8 heteroatoms. The fourth-order valence-corrected chi connectivity index (χ4v) is 4.88. The summed E-state index contributed by atoms with van der Waals surface area (Å²) in [5, 5.41) is 0. The number of methoxy groups -OCH3 is 1.